The van der Waals surface area contributed by atoms with Gasteiger partial charge in [-0.05, 0) is 13.3 Å². The van der Waals surface area contributed by atoms with E-state index < -0.39 is 0 Å². The summed E-state index contributed by atoms with van der Waals surface area (Å²) in [4.78, 5) is 30.9. The maximum absolute atomic E-state index is 11.9. The summed E-state index contributed by atoms with van der Waals surface area (Å²) < 4.78 is 5.11. The number of nitrogens with one attached hydrogen (secondary N) is 2. The highest BCUT2D eigenvalue weighted by molar-refractivity contribution is 5.93. The summed E-state index contributed by atoms with van der Waals surface area (Å²) in [5.74, 6) is -0.342. The number of nitrogens with zero attached hydrogens (tertiary/aromatic N) is 2. The highest BCUT2D eigenvalue weighted by Gasteiger charge is 2.24. The Kier molecular flexibility index (Phi) is 4.27. The van der Waals surface area contributed by atoms with Gasteiger partial charge in [-0.2, -0.15) is 0 Å². The molecular formula is C12H16N4O3. The van der Waals surface area contributed by atoms with Crippen LogP contribution in [0.5, 0.6) is 6.01 Å². The molecule has 1 fully saturated rings. The summed E-state index contributed by atoms with van der Waals surface area (Å²) in [6.45, 7) is 2.71. The zero-order valence-corrected chi connectivity index (χ0v) is 10.7. The summed E-state index contributed by atoms with van der Waals surface area (Å²) in [6, 6.07) is 0.283. The molecule has 1 atom stereocenters. The molecule has 2 heterocycles. The van der Waals surface area contributed by atoms with Gasteiger partial charge < -0.3 is 15.4 Å². The van der Waals surface area contributed by atoms with Crippen LogP contribution in [0.1, 0.15) is 19.8 Å². The van der Waals surface area contributed by atoms with Gasteiger partial charge in [0.2, 0.25) is 11.8 Å². The van der Waals surface area contributed by atoms with Gasteiger partial charge in [-0.15, -0.1) is 0 Å². The van der Waals surface area contributed by atoms with E-state index in [1.807, 2.05) is 6.92 Å². The number of carbonyl (C=O) groups excluding carboxylic acids is 2. The van der Waals surface area contributed by atoms with E-state index >= 15 is 0 Å². The fraction of sp³-hybridized carbons (Fsp3) is 0.500. The molecule has 2 rings (SSSR count). The number of hydrogen-bond acceptors (Lipinski definition) is 5. The highest BCUT2D eigenvalue weighted by Crippen LogP contribution is 2.14. The molecule has 1 aromatic heterocycles. The topological polar surface area (TPSA) is 93.2 Å². The van der Waals surface area contributed by atoms with E-state index in [4.69, 9.17) is 4.74 Å². The van der Waals surface area contributed by atoms with Crippen molar-refractivity contribution in [1.82, 2.24) is 15.3 Å². The predicted molar refractivity (Wildman–Crippen MR) is 67.6 cm³/mol. The van der Waals surface area contributed by atoms with Gasteiger partial charge in [-0.3, -0.25) is 9.59 Å². The van der Waals surface area contributed by atoms with E-state index in [1.54, 1.807) is 0 Å². The Labute approximate surface area is 110 Å². The summed E-state index contributed by atoms with van der Waals surface area (Å²) in [7, 11) is 0. The van der Waals surface area contributed by atoms with Crippen molar-refractivity contribution in [2.45, 2.75) is 19.8 Å². The lowest BCUT2D eigenvalue weighted by molar-refractivity contribution is -0.126. The van der Waals surface area contributed by atoms with Crippen molar-refractivity contribution in [2.75, 3.05) is 18.5 Å². The Balaban J connectivity index is 1.89. The first-order valence-electron chi connectivity index (χ1n) is 6.21. The lowest BCUT2D eigenvalue weighted by Gasteiger charge is -2.21. The first-order valence-corrected chi connectivity index (χ1v) is 6.21. The van der Waals surface area contributed by atoms with E-state index in [1.165, 1.54) is 12.4 Å². The van der Waals surface area contributed by atoms with Crippen molar-refractivity contribution in [1.29, 1.82) is 0 Å². The molecule has 0 saturated carbocycles. The number of carbonyl (C=O) groups is 2. The van der Waals surface area contributed by atoms with Crippen LogP contribution >= 0.6 is 0 Å². The number of piperidine rings is 1. The van der Waals surface area contributed by atoms with Crippen LogP contribution in [0.3, 0.4) is 0 Å². The van der Waals surface area contributed by atoms with Crippen LogP contribution in [0.4, 0.5) is 5.69 Å². The molecule has 102 valence electrons. The van der Waals surface area contributed by atoms with Crippen molar-refractivity contribution < 1.29 is 14.3 Å². The van der Waals surface area contributed by atoms with Gasteiger partial charge in [0.25, 0.3) is 0 Å². The SMILES string of the molecule is CCOc1ncc(NC(=O)C2CCC(=O)NC2)cn1. The van der Waals surface area contributed by atoms with E-state index in [9.17, 15) is 9.59 Å². The van der Waals surface area contributed by atoms with Gasteiger partial charge in [0.15, 0.2) is 0 Å². The van der Waals surface area contributed by atoms with Crippen LogP contribution in [0, 0.1) is 5.92 Å². The largest absolute Gasteiger partial charge is 0.464 e. The van der Waals surface area contributed by atoms with Gasteiger partial charge in [-0.1, -0.05) is 0 Å². The van der Waals surface area contributed by atoms with Crippen molar-refractivity contribution >= 4 is 17.5 Å². The quantitative estimate of drug-likeness (QED) is 0.818. The fourth-order valence-electron chi connectivity index (χ4n) is 1.79. The fourth-order valence-corrected chi connectivity index (χ4v) is 1.79. The van der Waals surface area contributed by atoms with E-state index in [-0.39, 0.29) is 23.7 Å². The van der Waals surface area contributed by atoms with Crippen LogP contribution in [0.2, 0.25) is 0 Å². The zero-order chi connectivity index (χ0) is 13.7. The summed E-state index contributed by atoms with van der Waals surface area (Å²) in [5, 5.41) is 5.40. The number of rotatable bonds is 4. The molecule has 2 N–H and O–H groups in total. The number of anilines is 1. The molecule has 0 bridgehead atoms. The molecule has 1 aromatic rings. The third kappa shape index (κ3) is 3.64. The van der Waals surface area contributed by atoms with Crippen LogP contribution < -0.4 is 15.4 Å². The number of amides is 2. The Morgan fingerprint density at radius 1 is 1.53 bits per heavy atom. The van der Waals surface area contributed by atoms with Crippen molar-refractivity contribution in [3.63, 3.8) is 0 Å². The second-order valence-electron chi connectivity index (χ2n) is 4.22. The molecule has 0 aliphatic carbocycles. The second kappa shape index (κ2) is 6.12. The van der Waals surface area contributed by atoms with E-state index in [2.05, 4.69) is 20.6 Å². The molecule has 0 radical (unpaired) electrons. The lowest BCUT2D eigenvalue weighted by atomic mass is 9.98. The standard InChI is InChI=1S/C12H16N4O3/c1-2-19-12-14-6-9(7-15-12)16-11(18)8-3-4-10(17)13-5-8/h6-8H,2-5H2,1H3,(H,13,17)(H,16,18). The summed E-state index contributed by atoms with van der Waals surface area (Å²) >= 11 is 0. The van der Waals surface area contributed by atoms with Crippen LogP contribution in [-0.2, 0) is 9.59 Å². The Morgan fingerprint density at radius 2 is 2.26 bits per heavy atom. The van der Waals surface area contributed by atoms with Gasteiger partial charge in [0, 0.05) is 13.0 Å². The Bertz CT molecular complexity index is 451. The molecule has 0 aromatic carbocycles. The van der Waals surface area contributed by atoms with Crippen molar-refractivity contribution in [3.8, 4) is 6.01 Å². The van der Waals surface area contributed by atoms with E-state index in [0.717, 1.165) is 0 Å². The maximum atomic E-state index is 11.9. The number of aromatic nitrogens is 2. The monoisotopic (exact) mass is 264 g/mol. The average Bonchev–Trinajstić information content (AvgIpc) is 2.42. The molecule has 0 spiro atoms. The highest BCUT2D eigenvalue weighted by atomic mass is 16.5. The second-order valence-corrected chi connectivity index (χ2v) is 4.22. The molecule has 1 unspecified atom stereocenters. The average molecular weight is 264 g/mol. The Morgan fingerprint density at radius 3 is 2.84 bits per heavy atom. The van der Waals surface area contributed by atoms with Crippen LogP contribution in [0.25, 0.3) is 0 Å². The maximum Gasteiger partial charge on any atom is 0.316 e. The summed E-state index contributed by atoms with van der Waals surface area (Å²) in [6.07, 6.45) is 3.95. The first kappa shape index (κ1) is 13.3. The predicted octanol–water partition coefficient (Wildman–Crippen LogP) is 0.340. The molecule has 7 nitrogen and oxygen atoms in total. The number of ether oxygens (including phenoxy) is 1. The lowest BCUT2D eigenvalue weighted by Crippen LogP contribution is -2.40. The minimum absolute atomic E-state index is 0.00606. The van der Waals surface area contributed by atoms with Crippen molar-refractivity contribution in [2.24, 2.45) is 5.92 Å². The third-order valence-electron chi connectivity index (χ3n) is 2.81. The number of hydrogen-bond donors (Lipinski definition) is 2. The molecule has 19 heavy (non-hydrogen) atoms. The van der Waals surface area contributed by atoms with Crippen LogP contribution in [-0.4, -0.2) is 34.9 Å². The molecule has 1 saturated heterocycles. The Hall–Kier alpha value is -2.18. The molecular weight excluding hydrogens is 248 g/mol. The van der Waals surface area contributed by atoms with E-state index in [0.29, 0.717) is 31.7 Å². The van der Waals surface area contributed by atoms with Gasteiger partial charge >= 0.3 is 6.01 Å². The van der Waals surface area contributed by atoms with Gasteiger partial charge in [-0.25, -0.2) is 9.97 Å². The normalized spacial score (nSPS) is 18.6. The van der Waals surface area contributed by atoms with Crippen molar-refractivity contribution in [3.05, 3.63) is 12.4 Å². The third-order valence-corrected chi connectivity index (χ3v) is 2.81. The minimum Gasteiger partial charge on any atom is -0.464 e. The minimum atomic E-state index is -0.204. The molecule has 2 amide bonds. The molecule has 1 aliphatic rings. The molecule has 1 aliphatic heterocycles. The van der Waals surface area contributed by atoms with Gasteiger partial charge in [0.1, 0.15) is 0 Å². The van der Waals surface area contributed by atoms with Crippen LogP contribution in [0.15, 0.2) is 12.4 Å². The van der Waals surface area contributed by atoms with Gasteiger partial charge in [0.05, 0.1) is 30.6 Å². The zero-order valence-electron chi connectivity index (χ0n) is 10.7. The summed E-state index contributed by atoms with van der Waals surface area (Å²) in [5.41, 5.74) is 0.519. The smallest absolute Gasteiger partial charge is 0.316 e. The molecule has 7 heteroatoms. The first-order chi connectivity index (χ1) is 9.19.